The zero-order chi connectivity index (χ0) is 8.43. The lowest BCUT2D eigenvalue weighted by Gasteiger charge is -2.03. The Morgan fingerprint density at radius 1 is 1.67 bits per heavy atom. The van der Waals surface area contributed by atoms with Crippen molar-refractivity contribution in [2.45, 2.75) is 26.3 Å². The summed E-state index contributed by atoms with van der Waals surface area (Å²) in [5.41, 5.74) is 8.13. The van der Waals surface area contributed by atoms with Crippen molar-refractivity contribution in [1.29, 1.82) is 0 Å². The maximum Gasteiger partial charge on any atom is 0.0525 e. The molecule has 0 saturated carbocycles. The lowest BCUT2D eigenvalue weighted by Crippen LogP contribution is -2.18. The van der Waals surface area contributed by atoms with E-state index in [0.29, 0.717) is 0 Å². The minimum atomic E-state index is 0. The van der Waals surface area contributed by atoms with E-state index in [1.54, 1.807) is 0 Å². The Morgan fingerprint density at radius 2 is 2.25 bits per heavy atom. The fraction of sp³-hybridized carbons (Fsp3) is 0.625. The minimum Gasteiger partial charge on any atom is -0.328 e. The zero-order valence-corrected chi connectivity index (χ0v) is 8.56. The van der Waals surface area contributed by atoms with Gasteiger partial charge in [-0.05, 0) is 25.8 Å². The number of rotatable bonds is 2. The average Bonchev–Trinajstić information content (AvgIpc) is 2.18. The first-order valence-electron chi connectivity index (χ1n) is 3.84. The Balaban J connectivity index is 0.00000121. The van der Waals surface area contributed by atoms with Crippen LogP contribution in [0.4, 0.5) is 0 Å². The standard InChI is InChI=1S/C8H15N3.ClH/c1-6(9)4-8-5-10-11(3)7(8)2;/h5-6H,4,9H2,1-3H3;1H. The van der Waals surface area contributed by atoms with E-state index < -0.39 is 0 Å². The highest BCUT2D eigenvalue weighted by molar-refractivity contribution is 5.85. The SMILES string of the molecule is Cc1c(CC(C)N)cnn1C.Cl. The predicted molar refractivity (Wildman–Crippen MR) is 52.5 cm³/mol. The van der Waals surface area contributed by atoms with Gasteiger partial charge < -0.3 is 5.73 Å². The molecule has 4 heteroatoms. The molecule has 1 aromatic heterocycles. The molecule has 0 spiro atoms. The van der Waals surface area contributed by atoms with E-state index >= 15 is 0 Å². The predicted octanol–water partition coefficient (Wildman–Crippen LogP) is 1.04. The van der Waals surface area contributed by atoms with Gasteiger partial charge in [-0.1, -0.05) is 0 Å². The lowest BCUT2D eigenvalue weighted by atomic mass is 10.1. The van der Waals surface area contributed by atoms with Crippen LogP contribution in [0.15, 0.2) is 6.20 Å². The number of hydrogen-bond donors (Lipinski definition) is 1. The van der Waals surface area contributed by atoms with Gasteiger partial charge in [0.1, 0.15) is 0 Å². The molecule has 1 rings (SSSR count). The van der Waals surface area contributed by atoms with Gasteiger partial charge in [0.25, 0.3) is 0 Å². The summed E-state index contributed by atoms with van der Waals surface area (Å²) in [5.74, 6) is 0. The van der Waals surface area contributed by atoms with Crippen LogP contribution in [0.3, 0.4) is 0 Å². The smallest absolute Gasteiger partial charge is 0.0525 e. The van der Waals surface area contributed by atoms with Crippen molar-refractivity contribution in [2.24, 2.45) is 12.8 Å². The van der Waals surface area contributed by atoms with Gasteiger partial charge in [0, 0.05) is 18.8 Å². The first-order valence-corrected chi connectivity index (χ1v) is 3.84. The van der Waals surface area contributed by atoms with Gasteiger partial charge in [0.2, 0.25) is 0 Å². The van der Waals surface area contributed by atoms with Gasteiger partial charge in [-0.3, -0.25) is 4.68 Å². The van der Waals surface area contributed by atoms with E-state index in [1.807, 2.05) is 24.9 Å². The molecule has 0 fully saturated rings. The van der Waals surface area contributed by atoms with Crippen LogP contribution in [-0.2, 0) is 13.5 Å². The summed E-state index contributed by atoms with van der Waals surface area (Å²) < 4.78 is 1.87. The average molecular weight is 190 g/mol. The Labute approximate surface area is 79.4 Å². The summed E-state index contributed by atoms with van der Waals surface area (Å²) in [6.07, 6.45) is 2.80. The molecule has 0 radical (unpaired) electrons. The highest BCUT2D eigenvalue weighted by Gasteiger charge is 2.04. The maximum atomic E-state index is 5.67. The van der Waals surface area contributed by atoms with Gasteiger partial charge in [-0.15, -0.1) is 12.4 Å². The number of aryl methyl sites for hydroxylation is 1. The highest BCUT2D eigenvalue weighted by Crippen LogP contribution is 2.07. The van der Waals surface area contributed by atoms with Gasteiger partial charge in [0.05, 0.1) is 6.20 Å². The van der Waals surface area contributed by atoms with Crippen LogP contribution in [0.25, 0.3) is 0 Å². The van der Waals surface area contributed by atoms with Crippen molar-refractivity contribution in [2.75, 3.05) is 0 Å². The normalized spacial score (nSPS) is 12.3. The summed E-state index contributed by atoms with van der Waals surface area (Å²) >= 11 is 0. The van der Waals surface area contributed by atoms with Crippen molar-refractivity contribution in [3.8, 4) is 0 Å². The number of nitrogens with two attached hydrogens (primary N) is 1. The number of nitrogens with zero attached hydrogens (tertiary/aromatic N) is 2. The summed E-state index contributed by atoms with van der Waals surface area (Å²) in [6.45, 7) is 4.07. The van der Waals surface area contributed by atoms with E-state index in [9.17, 15) is 0 Å². The molecule has 0 bridgehead atoms. The molecule has 3 nitrogen and oxygen atoms in total. The molecule has 12 heavy (non-hydrogen) atoms. The van der Waals surface area contributed by atoms with E-state index in [0.717, 1.165) is 6.42 Å². The molecular weight excluding hydrogens is 174 g/mol. The van der Waals surface area contributed by atoms with Crippen LogP contribution in [0, 0.1) is 6.92 Å². The summed E-state index contributed by atoms with van der Waals surface area (Å²) in [7, 11) is 1.94. The monoisotopic (exact) mass is 189 g/mol. The molecule has 0 aliphatic rings. The van der Waals surface area contributed by atoms with Gasteiger partial charge in [-0.25, -0.2) is 0 Å². The van der Waals surface area contributed by atoms with Crippen molar-refractivity contribution >= 4 is 12.4 Å². The van der Waals surface area contributed by atoms with E-state index in [-0.39, 0.29) is 18.4 Å². The molecule has 1 unspecified atom stereocenters. The maximum absolute atomic E-state index is 5.67. The molecule has 0 aromatic carbocycles. The summed E-state index contributed by atoms with van der Waals surface area (Å²) in [6, 6.07) is 0.220. The second-order valence-corrected chi connectivity index (χ2v) is 3.06. The first-order chi connectivity index (χ1) is 5.11. The molecular formula is C8H16ClN3. The number of aromatic nitrogens is 2. The fourth-order valence-electron chi connectivity index (χ4n) is 1.09. The van der Waals surface area contributed by atoms with Crippen LogP contribution >= 0.6 is 12.4 Å². The summed E-state index contributed by atoms with van der Waals surface area (Å²) in [4.78, 5) is 0. The van der Waals surface area contributed by atoms with Crippen molar-refractivity contribution in [3.05, 3.63) is 17.5 Å². The van der Waals surface area contributed by atoms with E-state index in [2.05, 4.69) is 12.0 Å². The van der Waals surface area contributed by atoms with Crippen LogP contribution in [0.2, 0.25) is 0 Å². The molecule has 0 saturated heterocycles. The highest BCUT2D eigenvalue weighted by atomic mass is 35.5. The summed E-state index contributed by atoms with van der Waals surface area (Å²) in [5, 5.41) is 4.13. The number of hydrogen-bond acceptors (Lipinski definition) is 2. The quantitative estimate of drug-likeness (QED) is 0.756. The van der Waals surface area contributed by atoms with Gasteiger partial charge in [-0.2, -0.15) is 5.10 Å². The molecule has 1 heterocycles. The third kappa shape index (κ3) is 2.50. The topological polar surface area (TPSA) is 43.8 Å². The molecule has 0 amide bonds. The second kappa shape index (κ2) is 4.48. The Hall–Kier alpha value is -0.540. The van der Waals surface area contributed by atoms with Crippen molar-refractivity contribution in [3.63, 3.8) is 0 Å². The first kappa shape index (κ1) is 11.5. The van der Waals surface area contributed by atoms with Gasteiger partial charge >= 0.3 is 0 Å². The van der Waals surface area contributed by atoms with Gasteiger partial charge in [0.15, 0.2) is 0 Å². The number of halogens is 1. The third-order valence-corrected chi connectivity index (χ3v) is 1.88. The van der Waals surface area contributed by atoms with Crippen LogP contribution in [-0.4, -0.2) is 15.8 Å². The lowest BCUT2D eigenvalue weighted by molar-refractivity contribution is 0.717. The van der Waals surface area contributed by atoms with Crippen LogP contribution in [0.5, 0.6) is 0 Å². The molecule has 2 N–H and O–H groups in total. The minimum absolute atomic E-state index is 0. The molecule has 70 valence electrons. The van der Waals surface area contributed by atoms with Crippen LogP contribution in [0.1, 0.15) is 18.2 Å². The Kier molecular flexibility index (Phi) is 4.28. The molecule has 0 aliphatic carbocycles. The van der Waals surface area contributed by atoms with E-state index in [4.69, 9.17) is 5.73 Å². The Morgan fingerprint density at radius 3 is 2.58 bits per heavy atom. The fourth-order valence-corrected chi connectivity index (χ4v) is 1.09. The van der Waals surface area contributed by atoms with Crippen molar-refractivity contribution in [1.82, 2.24) is 9.78 Å². The zero-order valence-electron chi connectivity index (χ0n) is 7.74. The third-order valence-electron chi connectivity index (χ3n) is 1.88. The molecule has 1 atom stereocenters. The van der Waals surface area contributed by atoms with Crippen molar-refractivity contribution < 1.29 is 0 Å². The molecule has 1 aromatic rings. The van der Waals surface area contributed by atoms with E-state index in [1.165, 1.54) is 11.3 Å². The largest absolute Gasteiger partial charge is 0.328 e. The Bertz CT molecular complexity index is 242. The second-order valence-electron chi connectivity index (χ2n) is 3.06. The molecule has 0 aliphatic heterocycles. The van der Waals surface area contributed by atoms with Crippen LogP contribution < -0.4 is 5.73 Å².